The molecule has 0 saturated heterocycles. The summed E-state index contributed by atoms with van der Waals surface area (Å²) < 4.78 is 10.9. The number of rotatable bonds is 10. The summed E-state index contributed by atoms with van der Waals surface area (Å²) in [7, 11) is 1.60. The van der Waals surface area contributed by atoms with E-state index in [1.165, 1.54) is 5.56 Å². The van der Waals surface area contributed by atoms with E-state index in [-0.39, 0.29) is 12.5 Å². The standard InChI is InChI=1S/C20H26N2O3/c1-3-22-20(23)15-25-18-10-9-17(13-19(18)24-2)14-21-12-11-16-7-5-4-6-8-16/h4-10,13,21H,3,11-12,14-15H2,1-2H3,(H,22,23). The van der Waals surface area contributed by atoms with E-state index in [0.29, 0.717) is 18.0 Å². The quantitative estimate of drug-likeness (QED) is 0.652. The number of hydrogen-bond donors (Lipinski definition) is 2. The predicted octanol–water partition coefficient (Wildman–Crippen LogP) is 2.54. The van der Waals surface area contributed by atoms with Gasteiger partial charge in [0.15, 0.2) is 18.1 Å². The zero-order valence-electron chi connectivity index (χ0n) is 14.9. The van der Waals surface area contributed by atoms with Crippen LogP contribution in [0.2, 0.25) is 0 Å². The number of hydrogen-bond acceptors (Lipinski definition) is 4. The van der Waals surface area contributed by atoms with E-state index in [0.717, 1.165) is 25.1 Å². The fourth-order valence-electron chi connectivity index (χ4n) is 2.44. The molecular formula is C20H26N2O3. The van der Waals surface area contributed by atoms with Crippen LogP contribution in [0.3, 0.4) is 0 Å². The highest BCUT2D eigenvalue weighted by atomic mass is 16.5. The highest BCUT2D eigenvalue weighted by molar-refractivity contribution is 5.77. The second kappa shape index (κ2) is 10.4. The van der Waals surface area contributed by atoms with Crippen molar-refractivity contribution in [3.63, 3.8) is 0 Å². The molecule has 2 N–H and O–H groups in total. The number of likely N-dealkylation sites (N-methyl/N-ethyl adjacent to an activating group) is 1. The van der Waals surface area contributed by atoms with Gasteiger partial charge in [-0.1, -0.05) is 36.4 Å². The van der Waals surface area contributed by atoms with E-state index in [1.807, 2.05) is 31.2 Å². The molecule has 0 heterocycles. The normalized spacial score (nSPS) is 10.3. The van der Waals surface area contributed by atoms with Crippen LogP contribution in [-0.4, -0.2) is 32.7 Å². The van der Waals surface area contributed by atoms with Crippen LogP contribution in [0, 0.1) is 0 Å². The lowest BCUT2D eigenvalue weighted by atomic mass is 10.1. The molecular weight excluding hydrogens is 316 g/mol. The van der Waals surface area contributed by atoms with Gasteiger partial charge in [-0.15, -0.1) is 0 Å². The monoisotopic (exact) mass is 342 g/mol. The van der Waals surface area contributed by atoms with Crippen molar-refractivity contribution in [1.82, 2.24) is 10.6 Å². The molecule has 5 nitrogen and oxygen atoms in total. The van der Waals surface area contributed by atoms with Crippen molar-refractivity contribution in [1.29, 1.82) is 0 Å². The molecule has 0 aromatic heterocycles. The summed E-state index contributed by atoms with van der Waals surface area (Å²) in [4.78, 5) is 11.5. The summed E-state index contributed by atoms with van der Waals surface area (Å²) in [5.41, 5.74) is 2.43. The van der Waals surface area contributed by atoms with Gasteiger partial charge in [0.25, 0.3) is 5.91 Å². The van der Waals surface area contributed by atoms with Gasteiger partial charge in [0.2, 0.25) is 0 Å². The molecule has 0 atom stereocenters. The third-order valence-electron chi connectivity index (χ3n) is 3.72. The Balaban J connectivity index is 1.82. The summed E-state index contributed by atoms with van der Waals surface area (Å²) in [6.45, 7) is 4.10. The molecule has 1 amide bonds. The fraction of sp³-hybridized carbons (Fsp3) is 0.350. The van der Waals surface area contributed by atoms with Crippen molar-refractivity contribution in [2.75, 3.05) is 26.8 Å². The molecule has 0 fully saturated rings. The van der Waals surface area contributed by atoms with Crippen LogP contribution in [0.1, 0.15) is 18.1 Å². The van der Waals surface area contributed by atoms with E-state index < -0.39 is 0 Å². The van der Waals surface area contributed by atoms with Crippen molar-refractivity contribution in [2.24, 2.45) is 0 Å². The fourth-order valence-corrected chi connectivity index (χ4v) is 2.44. The van der Waals surface area contributed by atoms with Gasteiger partial charge in [-0.2, -0.15) is 0 Å². The maximum absolute atomic E-state index is 11.5. The first-order chi connectivity index (χ1) is 12.2. The van der Waals surface area contributed by atoms with Gasteiger partial charge >= 0.3 is 0 Å². The third kappa shape index (κ3) is 6.47. The molecule has 2 rings (SSSR count). The largest absolute Gasteiger partial charge is 0.493 e. The van der Waals surface area contributed by atoms with Gasteiger partial charge < -0.3 is 20.1 Å². The first-order valence-electron chi connectivity index (χ1n) is 8.54. The van der Waals surface area contributed by atoms with Crippen LogP contribution in [-0.2, 0) is 17.8 Å². The lowest BCUT2D eigenvalue weighted by Gasteiger charge is -2.12. The first-order valence-corrected chi connectivity index (χ1v) is 8.54. The Morgan fingerprint density at radius 2 is 1.84 bits per heavy atom. The van der Waals surface area contributed by atoms with Gasteiger partial charge in [-0.3, -0.25) is 4.79 Å². The Bertz CT molecular complexity index is 659. The number of benzene rings is 2. The second-order valence-electron chi connectivity index (χ2n) is 5.64. The van der Waals surface area contributed by atoms with Gasteiger partial charge in [0.05, 0.1) is 7.11 Å². The molecule has 25 heavy (non-hydrogen) atoms. The van der Waals surface area contributed by atoms with Crippen molar-refractivity contribution >= 4 is 5.91 Å². The molecule has 0 saturated carbocycles. The second-order valence-corrected chi connectivity index (χ2v) is 5.64. The lowest BCUT2D eigenvalue weighted by Crippen LogP contribution is -2.28. The average molecular weight is 342 g/mol. The highest BCUT2D eigenvalue weighted by Gasteiger charge is 2.08. The van der Waals surface area contributed by atoms with Crippen LogP contribution < -0.4 is 20.1 Å². The smallest absolute Gasteiger partial charge is 0.257 e. The number of carbonyl (C=O) groups is 1. The van der Waals surface area contributed by atoms with E-state index in [2.05, 4.69) is 34.9 Å². The number of nitrogens with one attached hydrogen (secondary N) is 2. The minimum absolute atomic E-state index is 0.0150. The zero-order valence-corrected chi connectivity index (χ0v) is 14.9. The minimum Gasteiger partial charge on any atom is -0.493 e. The maximum atomic E-state index is 11.5. The maximum Gasteiger partial charge on any atom is 0.257 e. The molecule has 0 radical (unpaired) electrons. The molecule has 134 valence electrons. The highest BCUT2D eigenvalue weighted by Crippen LogP contribution is 2.28. The number of methoxy groups -OCH3 is 1. The topological polar surface area (TPSA) is 59.6 Å². The Hall–Kier alpha value is -2.53. The molecule has 2 aromatic carbocycles. The Labute approximate surface area is 149 Å². The molecule has 2 aromatic rings. The van der Waals surface area contributed by atoms with Gasteiger partial charge in [-0.25, -0.2) is 0 Å². The predicted molar refractivity (Wildman–Crippen MR) is 99.0 cm³/mol. The SMILES string of the molecule is CCNC(=O)COc1ccc(CNCCc2ccccc2)cc1OC. The molecule has 0 aliphatic rings. The van der Waals surface area contributed by atoms with Crippen molar-refractivity contribution in [3.8, 4) is 11.5 Å². The summed E-state index contributed by atoms with van der Waals surface area (Å²) in [6, 6.07) is 16.1. The van der Waals surface area contributed by atoms with Crippen molar-refractivity contribution < 1.29 is 14.3 Å². The van der Waals surface area contributed by atoms with Crippen LogP contribution in [0.4, 0.5) is 0 Å². The zero-order chi connectivity index (χ0) is 17.9. The molecule has 0 spiro atoms. The lowest BCUT2D eigenvalue weighted by molar-refractivity contribution is -0.123. The molecule has 0 aliphatic heterocycles. The number of carbonyl (C=O) groups excluding carboxylic acids is 1. The number of ether oxygens (including phenoxy) is 2. The van der Waals surface area contributed by atoms with Crippen molar-refractivity contribution in [3.05, 3.63) is 59.7 Å². The van der Waals surface area contributed by atoms with Crippen LogP contribution >= 0.6 is 0 Å². The summed E-state index contributed by atoms with van der Waals surface area (Å²) >= 11 is 0. The number of amides is 1. The minimum atomic E-state index is -0.142. The van der Waals surface area contributed by atoms with Crippen LogP contribution in [0.5, 0.6) is 11.5 Å². The van der Waals surface area contributed by atoms with E-state index in [4.69, 9.17) is 9.47 Å². The molecule has 0 unspecified atom stereocenters. The summed E-state index contributed by atoms with van der Waals surface area (Å²) in [5, 5.41) is 6.13. The Kier molecular flexibility index (Phi) is 7.79. The van der Waals surface area contributed by atoms with Crippen molar-refractivity contribution in [2.45, 2.75) is 19.9 Å². The van der Waals surface area contributed by atoms with E-state index in [9.17, 15) is 4.79 Å². The van der Waals surface area contributed by atoms with Gasteiger partial charge in [0.1, 0.15) is 0 Å². The van der Waals surface area contributed by atoms with Crippen LogP contribution in [0.15, 0.2) is 48.5 Å². The summed E-state index contributed by atoms with van der Waals surface area (Å²) in [6.07, 6.45) is 0.992. The van der Waals surface area contributed by atoms with Gasteiger partial charge in [0, 0.05) is 13.1 Å². The van der Waals surface area contributed by atoms with E-state index in [1.54, 1.807) is 7.11 Å². The third-order valence-corrected chi connectivity index (χ3v) is 3.72. The average Bonchev–Trinajstić information content (AvgIpc) is 2.65. The van der Waals surface area contributed by atoms with Gasteiger partial charge in [-0.05, 0) is 43.1 Å². The van der Waals surface area contributed by atoms with Crippen LogP contribution in [0.25, 0.3) is 0 Å². The Morgan fingerprint density at radius 3 is 2.56 bits per heavy atom. The first kappa shape index (κ1) is 18.8. The Morgan fingerprint density at radius 1 is 1.04 bits per heavy atom. The molecule has 0 bridgehead atoms. The molecule has 5 heteroatoms. The van der Waals surface area contributed by atoms with E-state index >= 15 is 0 Å². The summed E-state index contributed by atoms with van der Waals surface area (Å²) in [5.74, 6) is 1.06. The molecule has 0 aliphatic carbocycles.